The predicted molar refractivity (Wildman–Crippen MR) is 122 cm³/mol. The van der Waals surface area contributed by atoms with Gasteiger partial charge in [-0.15, -0.1) is 0 Å². The largest absolute Gasteiger partial charge is 0.394 e. The van der Waals surface area contributed by atoms with Crippen molar-refractivity contribution in [1.82, 2.24) is 10.2 Å². The van der Waals surface area contributed by atoms with Gasteiger partial charge in [0.15, 0.2) is 0 Å². The summed E-state index contributed by atoms with van der Waals surface area (Å²) in [6.07, 6.45) is 5.71. The van der Waals surface area contributed by atoms with Crippen molar-refractivity contribution in [1.29, 1.82) is 0 Å². The Morgan fingerprint density at radius 1 is 1.07 bits per heavy atom. The summed E-state index contributed by atoms with van der Waals surface area (Å²) in [6.45, 7) is 11.2. The number of hydrogen-bond donors (Lipinski definition) is 2. The number of nitrogens with zero attached hydrogens (tertiary/aromatic N) is 2. The Bertz CT molecular complexity index is 705. The first-order valence-electron chi connectivity index (χ1n) is 11.4. The molecule has 1 aliphatic rings. The number of carbonyl (C=O) groups is 2. The molecule has 0 unspecified atom stereocenters. The van der Waals surface area contributed by atoms with Crippen LogP contribution in [0.3, 0.4) is 0 Å². The molecule has 0 saturated carbocycles. The van der Waals surface area contributed by atoms with E-state index in [1.54, 1.807) is 19.9 Å². The molecule has 0 aliphatic carbocycles. The zero-order chi connectivity index (χ0) is 22.1. The molecule has 1 atom stereocenters. The van der Waals surface area contributed by atoms with Gasteiger partial charge in [0.2, 0.25) is 5.91 Å². The maximum atomic E-state index is 12.6. The smallest absolute Gasteiger partial charge is 0.251 e. The molecular weight excluding hydrogens is 378 g/mol. The molecule has 1 aromatic rings. The van der Waals surface area contributed by atoms with E-state index >= 15 is 0 Å². The second-order valence-corrected chi connectivity index (χ2v) is 8.97. The van der Waals surface area contributed by atoms with E-state index in [1.165, 1.54) is 19.3 Å². The average molecular weight is 418 g/mol. The minimum atomic E-state index is -0.301. The Morgan fingerprint density at radius 2 is 1.73 bits per heavy atom. The lowest BCUT2D eigenvalue weighted by molar-refractivity contribution is -0.116. The minimum absolute atomic E-state index is 0.0369. The Morgan fingerprint density at radius 3 is 2.37 bits per heavy atom. The summed E-state index contributed by atoms with van der Waals surface area (Å²) in [6, 6.07) is 5.32. The number of aliphatic hydroxyl groups is 1. The molecule has 0 aromatic heterocycles. The molecule has 1 aliphatic heterocycles. The van der Waals surface area contributed by atoms with Crippen LogP contribution in [-0.4, -0.2) is 54.1 Å². The van der Waals surface area contributed by atoms with E-state index in [0.717, 1.165) is 37.2 Å². The van der Waals surface area contributed by atoms with Gasteiger partial charge in [-0.05, 0) is 56.0 Å². The normalized spacial score (nSPS) is 17.6. The van der Waals surface area contributed by atoms with Crippen LogP contribution in [0, 0.1) is 5.92 Å². The van der Waals surface area contributed by atoms with Gasteiger partial charge in [0.05, 0.1) is 6.61 Å². The number of benzene rings is 1. The van der Waals surface area contributed by atoms with E-state index in [0.29, 0.717) is 24.6 Å². The van der Waals surface area contributed by atoms with Crippen LogP contribution in [0.15, 0.2) is 18.2 Å². The topological polar surface area (TPSA) is 72.9 Å². The van der Waals surface area contributed by atoms with Crippen molar-refractivity contribution in [2.24, 2.45) is 5.92 Å². The van der Waals surface area contributed by atoms with Gasteiger partial charge in [0, 0.05) is 43.9 Å². The van der Waals surface area contributed by atoms with E-state index in [1.807, 2.05) is 17.0 Å². The van der Waals surface area contributed by atoms with Crippen molar-refractivity contribution < 1.29 is 14.7 Å². The number of rotatable bonds is 5. The van der Waals surface area contributed by atoms with E-state index in [9.17, 15) is 14.7 Å². The Hall–Kier alpha value is -1.92. The molecule has 1 heterocycles. The summed E-state index contributed by atoms with van der Waals surface area (Å²) in [5.74, 6) is 0.382. The summed E-state index contributed by atoms with van der Waals surface area (Å²) < 4.78 is 0. The number of hydrogen-bond acceptors (Lipinski definition) is 4. The van der Waals surface area contributed by atoms with Gasteiger partial charge < -0.3 is 15.3 Å². The van der Waals surface area contributed by atoms with Gasteiger partial charge in [-0.3, -0.25) is 14.5 Å². The van der Waals surface area contributed by atoms with Crippen molar-refractivity contribution in [3.8, 4) is 0 Å². The van der Waals surface area contributed by atoms with E-state index in [2.05, 4.69) is 24.1 Å². The number of nitrogens with one attached hydrogen (secondary N) is 1. The number of anilines is 1. The molecule has 30 heavy (non-hydrogen) atoms. The number of aliphatic hydroxyl groups excluding tert-OH is 1. The zero-order valence-corrected chi connectivity index (χ0v) is 19.1. The molecule has 6 heteroatoms. The van der Waals surface area contributed by atoms with Crippen LogP contribution in [0.25, 0.3) is 0 Å². The lowest BCUT2D eigenvalue weighted by Gasteiger charge is -2.30. The highest BCUT2D eigenvalue weighted by Crippen LogP contribution is 2.26. The summed E-state index contributed by atoms with van der Waals surface area (Å²) in [5, 5.41) is 12.1. The van der Waals surface area contributed by atoms with Crippen LogP contribution in [-0.2, 0) is 11.3 Å². The molecule has 0 fully saturated rings. The van der Waals surface area contributed by atoms with Gasteiger partial charge in [-0.2, -0.15) is 0 Å². The minimum Gasteiger partial charge on any atom is -0.394 e. The van der Waals surface area contributed by atoms with E-state index in [4.69, 9.17) is 0 Å². The maximum absolute atomic E-state index is 12.6. The molecule has 2 rings (SSSR count). The molecule has 0 saturated heterocycles. The fraction of sp³-hybridized carbons (Fsp3) is 0.667. The zero-order valence-electron chi connectivity index (χ0n) is 19.1. The van der Waals surface area contributed by atoms with Crippen LogP contribution in [0.2, 0.25) is 0 Å². The van der Waals surface area contributed by atoms with Gasteiger partial charge in [0.1, 0.15) is 0 Å². The maximum Gasteiger partial charge on any atom is 0.251 e. The monoisotopic (exact) mass is 417 g/mol. The number of fused-ring (bicyclic) bond motifs is 1. The van der Waals surface area contributed by atoms with Crippen LogP contribution >= 0.6 is 0 Å². The fourth-order valence-electron chi connectivity index (χ4n) is 4.04. The third-order valence-corrected chi connectivity index (χ3v) is 5.54. The molecule has 2 N–H and O–H groups in total. The Kier molecular flexibility index (Phi) is 9.79. The lowest BCUT2D eigenvalue weighted by atomic mass is 10.0. The Balaban J connectivity index is 2.42. The van der Waals surface area contributed by atoms with Crippen LogP contribution in [0.5, 0.6) is 0 Å². The summed E-state index contributed by atoms with van der Waals surface area (Å²) >= 11 is 0. The van der Waals surface area contributed by atoms with Crippen molar-refractivity contribution in [3.05, 3.63) is 29.3 Å². The van der Waals surface area contributed by atoms with Crippen molar-refractivity contribution in [2.75, 3.05) is 31.1 Å². The first kappa shape index (κ1) is 24.4. The highest BCUT2D eigenvalue weighted by Gasteiger charge is 2.20. The second kappa shape index (κ2) is 12.1. The molecule has 2 amide bonds. The molecule has 0 radical (unpaired) electrons. The van der Waals surface area contributed by atoms with Crippen molar-refractivity contribution in [3.63, 3.8) is 0 Å². The summed E-state index contributed by atoms with van der Waals surface area (Å²) in [7, 11) is 0. The molecule has 168 valence electrons. The average Bonchev–Trinajstić information content (AvgIpc) is 2.68. The van der Waals surface area contributed by atoms with E-state index in [-0.39, 0.29) is 24.5 Å². The fourth-order valence-corrected chi connectivity index (χ4v) is 4.04. The van der Waals surface area contributed by atoms with Crippen LogP contribution < -0.4 is 10.2 Å². The number of amides is 2. The Labute approximate surface area is 181 Å². The van der Waals surface area contributed by atoms with E-state index < -0.39 is 0 Å². The van der Waals surface area contributed by atoms with Gasteiger partial charge >= 0.3 is 0 Å². The SMILES string of the molecule is CC(=O)N1CCCCCCCN(CC(C)C)Cc2cc(C(=O)N[C@@H](C)CO)ccc21. The molecule has 1 aromatic carbocycles. The highest BCUT2D eigenvalue weighted by atomic mass is 16.3. The third-order valence-electron chi connectivity index (χ3n) is 5.54. The number of carbonyl (C=O) groups excluding carboxylic acids is 2. The second-order valence-electron chi connectivity index (χ2n) is 8.97. The lowest BCUT2D eigenvalue weighted by Crippen LogP contribution is -2.36. The van der Waals surface area contributed by atoms with Gasteiger partial charge in [0.25, 0.3) is 5.91 Å². The molecule has 6 nitrogen and oxygen atoms in total. The standard InChI is InChI=1S/C24H39N3O3/c1-18(2)15-26-12-8-6-5-7-9-13-27(20(4)29)23-11-10-21(14-22(23)16-26)24(30)25-19(3)17-28/h10-11,14,18-19,28H,5-9,12-13,15-17H2,1-4H3,(H,25,30)/t19-/m0/s1. The first-order chi connectivity index (χ1) is 14.3. The van der Waals surface area contributed by atoms with Gasteiger partial charge in [-0.25, -0.2) is 0 Å². The predicted octanol–water partition coefficient (Wildman–Crippen LogP) is 3.57. The van der Waals surface area contributed by atoms with Crippen molar-refractivity contribution >= 4 is 17.5 Å². The van der Waals surface area contributed by atoms with Crippen LogP contribution in [0.4, 0.5) is 5.69 Å². The summed E-state index contributed by atoms with van der Waals surface area (Å²) in [5.41, 5.74) is 2.48. The first-order valence-corrected chi connectivity index (χ1v) is 11.4. The summed E-state index contributed by atoms with van der Waals surface area (Å²) in [4.78, 5) is 29.4. The quantitative estimate of drug-likeness (QED) is 0.768. The van der Waals surface area contributed by atoms with Crippen molar-refractivity contribution in [2.45, 2.75) is 72.4 Å². The van der Waals surface area contributed by atoms with Crippen LogP contribution in [0.1, 0.15) is 75.7 Å². The molecular formula is C24H39N3O3. The van der Waals surface area contributed by atoms with Gasteiger partial charge in [-0.1, -0.05) is 33.1 Å². The highest BCUT2D eigenvalue weighted by molar-refractivity contribution is 5.97. The molecule has 0 spiro atoms. The molecule has 0 bridgehead atoms. The third kappa shape index (κ3) is 7.40.